The highest BCUT2D eigenvalue weighted by molar-refractivity contribution is 5.79. The van der Waals surface area contributed by atoms with Crippen LogP contribution in [0.3, 0.4) is 0 Å². The van der Waals surface area contributed by atoms with Crippen LogP contribution >= 0.6 is 0 Å². The van der Waals surface area contributed by atoms with Gasteiger partial charge in [0.15, 0.2) is 0 Å². The Hall–Kier alpha value is -1.36. The normalized spacial score (nSPS) is 17.8. The van der Waals surface area contributed by atoms with Crippen LogP contribution in [0, 0.1) is 5.92 Å². The van der Waals surface area contributed by atoms with Crippen molar-refractivity contribution in [2.24, 2.45) is 11.7 Å². The lowest BCUT2D eigenvalue weighted by molar-refractivity contribution is -0.135. The molecule has 1 amide bonds. The molecule has 0 aromatic carbocycles. The van der Waals surface area contributed by atoms with E-state index in [1.165, 1.54) is 12.8 Å². The maximum atomic E-state index is 12.6. The lowest BCUT2D eigenvalue weighted by Crippen LogP contribution is -2.40. The van der Waals surface area contributed by atoms with Gasteiger partial charge in [0.1, 0.15) is 0 Å². The SMILES string of the molecule is CCn1nccc1CC(CN)C(=O)N1CCCCCC1. The number of hydrogen-bond acceptors (Lipinski definition) is 3. The monoisotopic (exact) mass is 278 g/mol. The number of amides is 1. The van der Waals surface area contributed by atoms with Gasteiger partial charge in [-0.2, -0.15) is 5.10 Å². The fourth-order valence-electron chi connectivity index (χ4n) is 2.89. The lowest BCUT2D eigenvalue weighted by Gasteiger charge is -2.25. The van der Waals surface area contributed by atoms with E-state index in [9.17, 15) is 4.79 Å². The first-order valence-corrected chi connectivity index (χ1v) is 7.75. The van der Waals surface area contributed by atoms with E-state index in [-0.39, 0.29) is 11.8 Å². The van der Waals surface area contributed by atoms with Crippen molar-refractivity contribution in [1.29, 1.82) is 0 Å². The number of nitrogens with two attached hydrogens (primary N) is 1. The lowest BCUT2D eigenvalue weighted by atomic mass is 10.0. The Morgan fingerprint density at radius 2 is 2.05 bits per heavy atom. The quantitative estimate of drug-likeness (QED) is 0.886. The zero-order valence-corrected chi connectivity index (χ0v) is 12.4. The van der Waals surface area contributed by atoms with E-state index in [1.807, 2.05) is 15.6 Å². The van der Waals surface area contributed by atoms with Gasteiger partial charge >= 0.3 is 0 Å². The van der Waals surface area contributed by atoms with E-state index in [2.05, 4.69) is 12.0 Å². The Morgan fingerprint density at radius 3 is 2.65 bits per heavy atom. The van der Waals surface area contributed by atoms with Gasteiger partial charge in [0.2, 0.25) is 5.91 Å². The van der Waals surface area contributed by atoms with E-state index in [1.54, 1.807) is 6.20 Å². The number of carbonyl (C=O) groups is 1. The first-order valence-electron chi connectivity index (χ1n) is 7.75. The van der Waals surface area contributed by atoms with Gasteiger partial charge < -0.3 is 10.6 Å². The molecule has 112 valence electrons. The van der Waals surface area contributed by atoms with Crippen LogP contribution in [0.5, 0.6) is 0 Å². The van der Waals surface area contributed by atoms with Crippen molar-refractivity contribution in [2.75, 3.05) is 19.6 Å². The van der Waals surface area contributed by atoms with Gasteiger partial charge in [0, 0.05) is 44.5 Å². The van der Waals surface area contributed by atoms with Gasteiger partial charge in [0.05, 0.1) is 5.92 Å². The van der Waals surface area contributed by atoms with Crippen LogP contribution in [-0.2, 0) is 17.8 Å². The van der Waals surface area contributed by atoms with Gasteiger partial charge in [0.25, 0.3) is 0 Å². The summed E-state index contributed by atoms with van der Waals surface area (Å²) in [6.07, 6.45) is 7.20. The molecular formula is C15H26N4O. The first kappa shape index (κ1) is 15.0. The summed E-state index contributed by atoms with van der Waals surface area (Å²) >= 11 is 0. The fraction of sp³-hybridized carbons (Fsp3) is 0.733. The van der Waals surface area contributed by atoms with Crippen molar-refractivity contribution in [2.45, 2.75) is 45.6 Å². The number of likely N-dealkylation sites (tertiary alicyclic amines) is 1. The topological polar surface area (TPSA) is 64.2 Å². The third-order valence-corrected chi connectivity index (χ3v) is 4.11. The molecule has 2 heterocycles. The molecule has 0 saturated carbocycles. The molecule has 5 nitrogen and oxygen atoms in total. The maximum absolute atomic E-state index is 12.6. The molecule has 0 spiro atoms. The van der Waals surface area contributed by atoms with Crippen LogP contribution in [0.25, 0.3) is 0 Å². The van der Waals surface area contributed by atoms with Gasteiger partial charge in [-0.15, -0.1) is 0 Å². The summed E-state index contributed by atoms with van der Waals surface area (Å²) in [7, 11) is 0. The fourth-order valence-corrected chi connectivity index (χ4v) is 2.89. The van der Waals surface area contributed by atoms with Crippen molar-refractivity contribution < 1.29 is 4.79 Å². The van der Waals surface area contributed by atoms with Crippen molar-refractivity contribution in [3.63, 3.8) is 0 Å². The average Bonchev–Trinajstić information content (AvgIpc) is 2.74. The van der Waals surface area contributed by atoms with Gasteiger partial charge in [-0.1, -0.05) is 12.8 Å². The summed E-state index contributed by atoms with van der Waals surface area (Å²) in [5.74, 6) is 0.105. The van der Waals surface area contributed by atoms with Gasteiger partial charge in [-0.05, 0) is 25.8 Å². The molecule has 0 aliphatic carbocycles. The van der Waals surface area contributed by atoms with Crippen molar-refractivity contribution in [3.05, 3.63) is 18.0 Å². The summed E-state index contributed by atoms with van der Waals surface area (Å²) in [6, 6.07) is 1.99. The number of aromatic nitrogens is 2. The zero-order valence-electron chi connectivity index (χ0n) is 12.4. The van der Waals surface area contributed by atoms with Crippen LogP contribution in [-0.4, -0.2) is 40.2 Å². The summed E-state index contributed by atoms with van der Waals surface area (Å²) in [4.78, 5) is 14.6. The maximum Gasteiger partial charge on any atom is 0.227 e. The second kappa shape index (κ2) is 7.43. The van der Waals surface area contributed by atoms with E-state index >= 15 is 0 Å². The van der Waals surface area contributed by atoms with E-state index in [0.29, 0.717) is 13.0 Å². The molecule has 1 aliphatic heterocycles. The summed E-state index contributed by atoms with van der Waals surface area (Å²) in [5.41, 5.74) is 6.95. The van der Waals surface area contributed by atoms with E-state index < -0.39 is 0 Å². The number of carbonyl (C=O) groups excluding carboxylic acids is 1. The Morgan fingerprint density at radius 1 is 1.35 bits per heavy atom. The highest BCUT2D eigenvalue weighted by Crippen LogP contribution is 2.15. The second-order valence-corrected chi connectivity index (χ2v) is 5.51. The minimum absolute atomic E-state index is 0.116. The Balaban J connectivity index is 2.01. The predicted octanol–water partition coefficient (Wildman–Crippen LogP) is 1.42. The molecule has 1 atom stereocenters. The van der Waals surface area contributed by atoms with Crippen LogP contribution in [0.2, 0.25) is 0 Å². The molecule has 1 aliphatic rings. The molecular weight excluding hydrogens is 252 g/mol. The molecule has 2 N–H and O–H groups in total. The van der Waals surface area contributed by atoms with Crippen LogP contribution < -0.4 is 5.73 Å². The van der Waals surface area contributed by atoms with Gasteiger partial charge in [-0.3, -0.25) is 9.48 Å². The average molecular weight is 278 g/mol. The number of aryl methyl sites for hydroxylation is 1. The van der Waals surface area contributed by atoms with E-state index in [4.69, 9.17) is 5.73 Å². The van der Waals surface area contributed by atoms with Crippen molar-refractivity contribution in [3.8, 4) is 0 Å². The van der Waals surface area contributed by atoms with Crippen LogP contribution in [0.15, 0.2) is 12.3 Å². The molecule has 20 heavy (non-hydrogen) atoms. The largest absolute Gasteiger partial charge is 0.342 e. The molecule has 0 radical (unpaired) electrons. The highest BCUT2D eigenvalue weighted by Gasteiger charge is 2.25. The standard InChI is InChI=1S/C15H26N4O/c1-2-19-14(7-8-17-19)11-13(12-16)15(20)18-9-5-3-4-6-10-18/h7-8,13H,2-6,9-12,16H2,1H3. The summed E-state index contributed by atoms with van der Waals surface area (Å²) < 4.78 is 1.94. The second-order valence-electron chi connectivity index (χ2n) is 5.51. The predicted molar refractivity (Wildman–Crippen MR) is 79.2 cm³/mol. The molecule has 1 saturated heterocycles. The zero-order chi connectivity index (χ0) is 14.4. The Labute approximate surface area is 121 Å². The molecule has 1 unspecified atom stereocenters. The molecule has 1 fully saturated rings. The van der Waals surface area contributed by atoms with Gasteiger partial charge in [-0.25, -0.2) is 0 Å². The molecule has 2 rings (SSSR count). The molecule has 1 aromatic heterocycles. The Kier molecular flexibility index (Phi) is 5.59. The highest BCUT2D eigenvalue weighted by atomic mass is 16.2. The Bertz CT molecular complexity index is 421. The molecule has 1 aromatic rings. The molecule has 5 heteroatoms. The number of hydrogen-bond donors (Lipinski definition) is 1. The van der Waals surface area contributed by atoms with E-state index in [0.717, 1.165) is 38.2 Å². The smallest absolute Gasteiger partial charge is 0.227 e. The van der Waals surface area contributed by atoms with Crippen LogP contribution in [0.1, 0.15) is 38.3 Å². The molecule has 0 bridgehead atoms. The third-order valence-electron chi connectivity index (χ3n) is 4.11. The minimum atomic E-state index is -0.116. The van der Waals surface area contributed by atoms with Crippen molar-refractivity contribution >= 4 is 5.91 Å². The summed E-state index contributed by atoms with van der Waals surface area (Å²) in [5, 5.41) is 4.26. The van der Waals surface area contributed by atoms with Crippen LogP contribution in [0.4, 0.5) is 0 Å². The minimum Gasteiger partial charge on any atom is -0.342 e. The number of rotatable bonds is 5. The van der Waals surface area contributed by atoms with Crippen molar-refractivity contribution in [1.82, 2.24) is 14.7 Å². The first-order chi connectivity index (χ1) is 9.76. The number of nitrogens with zero attached hydrogens (tertiary/aromatic N) is 3. The third kappa shape index (κ3) is 3.60. The summed E-state index contributed by atoms with van der Waals surface area (Å²) in [6.45, 7) is 5.08.